The summed E-state index contributed by atoms with van der Waals surface area (Å²) in [6.07, 6.45) is 1.67. The zero-order valence-corrected chi connectivity index (χ0v) is 19.1. The fourth-order valence-corrected chi connectivity index (χ4v) is 4.92. The van der Waals surface area contributed by atoms with Crippen LogP contribution >= 0.6 is 0 Å². The van der Waals surface area contributed by atoms with Gasteiger partial charge in [0.1, 0.15) is 6.04 Å². The molecular weight excluding hydrogens is 414 g/mol. The van der Waals surface area contributed by atoms with Crippen LogP contribution in [-0.4, -0.2) is 26.3 Å². The zero-order valence-electron chi connectivity index (χ0n) is 18.3. The minimum absolute atomic E-state index is 0.0736. The van der Waals surface area contributed by atoms with Crippen LogP contribution in [0.25, 0.3) is 0 Å². The van der Waals surface area contributed by atoms with Gasteiger partial charge in [0.2, 0.25) is 21.8 Å². The highest BCUT2D eigenvalue weighted by molar-refractivity contribution is 7.89. The Hall–Kier alpha value is -2.71. The first kappa shape index (κ1) is 23.0. The number of fused-ring (bicyclic) bond motifs is 1. The molecule has 7 nitrogen and oxygen atoms in total. The molecule has 0 radical (unpaired) electrons. The van der Waals surface area contributed by atoms with Gasteiger partial charge in [-0.3, -0.25) is 9.59 Å². The van der Waals surface area contributed by atoms with Crippen LogP contribution < -0.4 is 15.4 Å². The van der Waals surface area contributed by atoms with Gasteiger partial charge in [0.15, 0.2) is 0 Å². The van der Waals surface area contributed by atoms with E-state index in [0.29, 0.717) is 30.6 Å². The lowest BCUT2D eigenvalue weighted by molar-refractivity contribution is -0.118. The number of amides is 2. The summed E-state index contributed by atoms with van der Waals surface area (Å²) in [6.45, 7) is 7.40. The molecule has 3 N–H and O–H groups in total. The Morgan fingerprint density at radius 3 is 2.52 bits per heavy atom. The van der Waals surface area contributed by atoms with Gasteiger partial charge in [-0.05, 0) is 73.6 Å². The number of carbonyl (C=O) groups excluding carboxylic acids is 2. The molecule has 2 aromatic carbocycles. The van der Waals surface area contributed by atoms with E-state index < -0.39 is 22.0 Å². The molecule has 0 bridgehead atoms. The Morgan fingerprint density at radius 2 is 1.81 bits per heavy atom. The predicted molar refractivity (Wildman–Crippen MR) is 122 cm³/mol. The number of hydrogen-bond donors (Lipinski definition) is 3. The van der Waals surface area contributed by atoms with Gasteiger partial charge in [0.25, 0.3) is 0 Å². The third-order valence-corrected chi connectivity index (χ3v) is 6.83. The molecule has 1 aliphatic heterocycles. The van der Waals surface area contributed by atoms with Gasteiger partial charge >= 0.3 is 0 Å². The fraction of sp³-hybridized carbons (Fsp3) is 0.391. The standard InChI is InChI=1S/C23H29N3O4S/c1-14(2)22(23(28)25-20-12-15(3)8-9-16(20)4)26-31(29,30)18-10-11-19-17(13-18)6-5-7-21(27)24-19/h8-14,22,26H,5-7H2,1-4H3,(H,24,27)(H,25,28). The lowest BCUT2D eigenvalue weighted by Crippen LogP contribution is -2.47. The molecule has 1 unspecified atom stereocenters. The topological polar surface area (TPSA) is 104 Å². The van der Waals surface area contributed by atoms with Crippen molar-refractivity contribution < 1.29 is 18.0 Å². The summed E-state index contributed by atoms with van der Waals surface area (Å²) < 4.78 is 28.7. The van der Waals surface area contributed by atoms with E-state index in [1.54, 1.807) is 26.0 Å². The molecule has 2 amide bonds. The smallest absolute Gasteiger partial charge is 0.242 e. The van der Waals surface area contributed by atoms with E-state index in [0.717, 1.165) is 16.7 Å². The summed E-state index contributed by atoms with van der Waals surface area (Å²) >= 11 is 0. The molecule has 1 aliphatic rings. The number of benzene rings is 2. The number of rotatable bonds is 6. The number of aryl methyl sites for hydroxylation is 3. The molecule has 31 heavy (non-hydrogen) atoms. The third-order valence-electron chi connectivity index (χ3n) is 5.39. The lowest BCUT2D eigenvalue weighted by Gasteiger charge is -2.22. The number of sulfonamides is 1. The maximum absolute atomic E-state index is 13.1. The SMILES string of the molecule is Cc1ccc(C)c(NC(=O)C(NS(=O)(=O)c2ccc3c(c2)CCCC(=O)N3)C(C)C)c1. The Morgan fingerprint density at radius 1 is 1.06 bits per heavy atom. The van der Waals surface area contributed by atoms with Crippen molar-refractivity contribution >= 4 is 33.2 Å². The van der Waals surface area contributed by atoms with E-state index in [2.05, 4.69) is 15.4 Å². The predicted octanol–water partition coefficient (Wildman–Crippen LogP) is 3.52. The van der Waals surface area contributed by atoms with Crippen LogP contribution in [0.3, 0.4) is 0 Å². The fourth-order valence-electron chi connectivity index (χ4n) is 3.53. The average molecular weight is 444 g/mol. The van der Waals surface area contributed by atoms with Gasteiger partial charge in [0.05, 0.1) is 4.90 Å². The van der Waals surface area contributed by atoms with Crippen LogP contribution in [0.15, 0.2) is 41.3 Å². The monoisotopic (exact) mass is 443 g/mol. The van der Waals surface area contributed by atoms with Gasteiger partial charge < -0.3 is 10.6 Å². The molecule has 166 valence electrons. The van der Waals surface area contributed by atoms with Gasteiger partial charge in [-0.1, -0.05) is 26.0 Å². The van der Waals surface area contributed by atoms with Crippen molar-refractivity contribution in [2.24, 2.45) is 5.92 Å². The van der Waals surface area contributed by atoms with Crippen molar-refractivity contribution in [3.05, 3.63) is 53.1 Å². The van der Waals surface area contributed by atoms with E-state index >= 15 is 0 Å². The van der Waals surface area contributed by atoms with Crippen molar-refractivity contribution in [3.63, 3.8) is 0 Å². The molecular formula is C23H29N3O4S. The van der Waals surface area contributed by atoms with Gasteiger partial charge in [-0.25, -0.2) is 8.42 Å². The summed E-state index contributed by atoms with van der Waals surface area (Å²) in [6, 6.07) is 9.41. The Balaban J connectivity index is 1.83. The second-order valence-corrected chi connectivity index (χ2v) is 10.1. The number of anilines is 2. The van der Waals surface area contributed by atoms with Crippen LogP contribution in [0.1, 0.15) is 43.4 Å². The van der Waals surface area contributed by atoms with Crippen LogP contribution in [-0.2, 0) is 26.0 Å². The molecule has 0 saturated heterocycles. The van der Waals surface area contributed by atoms with Gasteiger partial charge in [0, 0.05) is 17.8 Å². The summed E-state index contributed by atoms with van der Waals surface area (Å²) in [7, 11) is -3.94. The maximum Gasteiger partial charge on any atom is 0.242 e. The number of carbonyl (C=O) groups is 2. The third kappa shape index (κ3) is 5.51. The number of hydrogen-bond acceptors (Lipinski definition) is 4. The quantitative estimate of drug-likeness (QED) is 0.635. The van der Waals surface area contributed by atoms with Gasteiger partial charge in [-0.15, -0.1) is 0 Å². The number of nitrogens with one attached hydrogen (secondary N) is 3. The van der Waals surface area contributed by atoms with E-state index in [1.165, 1.54) is 6.07 Å². The average Bonchev–Trinajstić information content (AvgIpc) is 2.88. The summed E-state index contributed by atoms with van der Waals surface area (Å²) in [5.74, 6) is -0.746. The van der Waals surface area contributed by atoms with Crippen molar-refractivity contribution in [3.8, 4) is 0 Å². The maximum atomic E-state index is 13.1. The zero-order chi connectivity index (χ0) is 22.8. The molecule has 0 spiro atoms. The minimum atomic E-state index is -3.94. The summed E-state index contributed by atoms with van der Waals surface area (Å²) in [4.78, 5) is 24.8. The second kappa shape index (κ2) is 9.20. The first-order valence-corrected chi connectivity index (χ1v) is 11.9. The minimum Gasteiger partial charge on any atom is -0.326 e. The molecule has 1 atom stereocenters. The highest BCUT2D eigenvalue weighted by Gasteiger charge is 2.29. The van der Waals surface area contributed by atoms with Crippen molar-refractivity contribution in [2.45, 2.75) is 57.9 Å². The van der Waals surface area contributed by atoms with Crippen molar-refractivity contribution in [2.75, 3.05) is 10.6 Å². The molecule has 3 rings (SSSR count). The largest absolute Gasteiger partial charge is 0.326 e. The van der Waals surface area contributed by atoms with E-state index in [-0.39, 0.29) is 16.7 Å². The highest BCUT2D eigenvalue weighted by atomic mass is 32.2. The Labute approximate surface area is 183 Å². The Kier molecular flexibility index (Phi) is 6.81. The molecule has 0 aromatic heterocycles. The second-order valence-electron chi connectivity index (χ2n) is 8.37. The Bertz CT molecular complexity index is 1110. The van der Waals surface area contributed by atoms with E-state index in [4.69, 9.17) is 0 Å². The normalized spacial score (nSPS) is 15.1. The van der Waals surface area contributed by atoms with E-state index in [9.17, 15) is 18.0 Å². The summed E-state index contributed by atoms with van der Waals surface area (Å²) in [5.41, 5.74) is 3.97. The van der Waals surface area contributed by atoms with Crippen LogP contribution in [0, 0.1) is 19.8 Å². The first-order chi connectivity index (χ1) is 14.6. The van der Waals surface area contributed by atoms with Crippen molar-refractivity contribution in [1.29, 1.82) is 0 Å². The molecule has 2 aromatic rings. The molecule has 1 heterocycles. The summed E-state index contributed by atoms with van der Waals surface area (Å²) in [5, 5.41) is 5.65. The van der Waals surface area contributed by atoms with Crippen LogP contribution in [0.5, 0.6) is 0 Å². The van der Waals surface area contributed by atoms with Crippen molar-refractivity contribution in [1.82, 2.24) is 4.72 Å². The highest BCUT2D eigenvalue weighted by Crippen LogP contribution is 2.26. The molecule has 0 saturated carbocycles. The van der Waals surface area contributed by atoms with Crippen LogP contribution in [0.2, 0.25) is 0 Å². The molecule has 0 fully saturated rings. The van der Waals surface area contributed by atoms with Gasteiger partial charge in [-0.2, -0.15) is 4.72 Å². The van der Waals surface area contributed by atoms with E-state index in [1.807, 2.05) is 32.0 Å². The van der Waals surface area contributed by atoms with Crippen LogP contribution in [0.4, 0.5) is 11.4 Å². The molecule has 8 heteroatoms. The first-order valence-electron chi connectivity index (χ1n) is 10.4. The lowest BCUT2D eigenvalue weighted by atomic mass is 10.0. The molecule has 0 aliphatic carbocycles.